The van der Waals surface area contributed by atoms with Crippen LogP contribution < -0.4 is 5.73 Å². The minimum Gasteiger partial charge on any atom is -0.385 e. The lowest BCUT2D eigenvalue weighted by molar-refractivity contribution is 0.186. The fourth-order valence-corrected chi connectivity index (χ4v) is 2.41. The first kappa shape index (κ1) is 13.3. The normalized spacial score (nSPS) is 13.1. The second kappa shape index (κ2) is 5.69. The van der Waals surface area contributed by atoms with E-state index in [0.29, 0.717) is 11.6 Å². The Hall–Kier alpha value is -1.10. The van der Waals surface area contributed by atoms with E-state index in [9.17, 15) is 0 Å². The lowest BCUT2D eigenvalue weighted by Gasteiger charge is -2.13. The number of nitrogens with zero attached hydrogens (tertiary/aromatic N) is 2. The molecule has 0 spiro atoms. The van der Waals surface area contributed by atoms with Gasteiger partial charge in [-0.15, -0.1) is 0 Å². The van der Waals surface area contributed by atoms with Gasteiger partial charge in [0.15, 0.2) is 0 Å². The summed E-state index contributed by atoms with van der Waals surface area (Å²) in [5.74, 6) is 0.873. The molecule has 0 aliphatic heterocycles. The summed E-state index contributed by atoms with van der Waals surface area (Å²) < 4.78 is 7.14. The number of aryl methyl sites for hydroxylation is 1. The average molecular weight is 268 g/mol. The highest BCUT2D eigenvalue weighted by Crippen LogP contribution is 2.27. The Balaban J connectivity index is 2.47. The van der Waals surface area contributed by atoms with E-state index in [4.69, 9.17) is 22.1 Å². The van der Waals surface area contributed by atoms with E-state index >= 15 is 0 Å². The van der Waals surface area contributed by atoms with Crippen LogP contribution in [0.5, 0.6) is 0 Å². The summed E-state index contributed by atoms with van der Waals surface area (Å²) in [5, 5.41) is 0.715. The number of ether oxygens (including phenoxy) is 1. The number of hydrogen-bond donors (Lipinski definition) is 1. The Kier molecular flexibility index (Phi) is 4.22. The Bertz CT molecular complexity index is 538. The maximum absolute atomic E-state index is 6.24. The highest BCUT2D eigenvalue weighted by molar-refractivity contribution is 6.35. The Morgan fingerprint density at radius 2 is 2.28 bits per heavy atom. The van der Waals surface area contributed by atoms with Crippen molar-refractivity contribution in [1.82, 2.24) is 9.55 Å². The summed E-state index contributed by atoms with van der Waals surface area (Å²) >= 11 is 6.24. The lowest BCUT2D eigenvalue weighted by Crippen LogP contribution is -2.18. The summed E-state index contributed by atoms with van der Waals surface area (Å²) in [6, 6.07) is 5.61. The van der Waals surface area contributed by atoms with Crippen molar-refractivity contribution in [3.63, 3.8) is 0 Å². The third kappa shape index (κ3) is 2.36. The topological polar surface area (TPSA) is 53.1 Å². The minimum atomic E-state index is -0.131. The smallest absolute Gasteiger partial charge is 0.126 e. The third-order valence-electron chi connectivity index (χ3n) is 3.03. The van der Waals surface area contributed by atoms with E-state index in [1.807, 2.05) is 18.2 Å². The summed E-state index contributed by atoms with van der Waals surface area (Å²) in [6.45, 7) is 3.50. The average Bonchev–Trinajstić information content (AvgIpc) is 2.76. The highest BCUT2D eigenvalue weighted by atomic mass is 35.5. The highest BCUT2D eigenvalue weighted by Gasteiger charge is 2.17. The van der Waals surface area contributed by atoms with E-state index in [0.717, 1.165) is 29.8 Å². The van der Waals surface area contributed by atoms with Crippen molar-refractivity contribution >= 4 is 22.6 Å². The fraction of sp³-hybridized carbons (Fsp3) is 0.462. The number of benzene rings is 1. The Morgan fingerprint density at radius 1 is 1.50 bits per heavy atom. The van der Waals surface area contributed by atoms with Gasteiger partial charge in [-0.1, -0.05) is 17.7 Å². The van der Waals surface area contributed by atoms with Crippen molar-refractivity contribution in [2.75, 3.05) is 13.7 Å². The fourth-order valence-electron chi connectivity index (χ4n) is 2.14. The van der Waals surface area contributed by atoms with Gasteiger partial charge in [-0.05, 0) is 25.5 Å². The van der Waals surface area contributed by atoms with Gasteiger partial charge < -0.3 is 15.0 Å². The zero-order valence-electron chi connectivity index (χ0n) is 10.7. The SMILES string of the molecule is CCn1c(C(N)CCOC)nc2cccc(Cl)c21. The second-order valence-corrected chi connectivity index (χ2v) is 4.62. The Labute approximate surface area is 112 Å². The number of halogens is 1. The van der Waals surface area contributed by atoms with Gasteiger partial charge in [0.1, 0.15) is 5.82 Å². The van der Waals surface area contributed by atoms with E-state index in [1.165, 1.54) is 0 Å². The van der Waals surface area contributed by atoms with E-state index in [-0.39, 0.29) is 6.04 Å². The molecule has 0 saturated carbocycles. The molecule has 0 amide bonds. The van der Waals surface area contributed by atoms with Gasteiger partial charge in [-0.2, -0.15) is 0 Å². The van der Waals surface area contributed by atoms with Crippen LogP contribution in [0, 0.1) is 0 Å². The third-order valence-corrected chi connectivity index (χ3v) is 3.33. The van der Waals surface area contributed by atoms with Crippen LogP contribution >= 0.6 is 11.6 Å². The molecule has 2 aromatic rings. The zero-order valence-corrected chi connectivity index (χ0v) is 11.4. The molecule has 1 heterocycles. The number of nitrogens with two attached hydrogens (primary N) is 1. The van der Waals surface area contributed by atoms with E-state index < -0.39 is 0 Å². The summed E-state index contributed by atoms with van der Waals surface area (Å²) in [6.07, 6.45) is 0.747. The summed E-state index contributed by atoms with van der Waals surface area (Å²) in [7, 11) is 1.67. The molecule has 98 valence electrons. The maximum atomic E-state index is 6.24. The largest absolute Gasteiger partial charge is 0.385 e. The number of para-hydroxylation sites is 1. The van der Waals surface area contributed by atoms with E-state index in [1.54, 1.807) is 7.11 Å². The molecule has 0 aliphatic rings. The lowest BCUT2D eigenvalue weighted by atomic mass is 10.2. The van der Waals surface area contributed by atoms with Gasteiger partial charge >= 0.3 is 0 Å². The van der Waals surface area contributed by atoms with Crippen LogP contribution in [0.15, 0.2) is 18.2 Å². The number of methoxy groups -OCH3 is 1. The molecule has 18 heavy (non-hydrogen) atoms. The molecule has 0 aliphatic carbocycles. The quantitative estimate of drug-likeness (QED) is 0.906. The summed E-state index contributed by atoms with van der Waals surface area (Å²) in [5.41, 5.74) is 8.02. The van der Waals surface area contributed by atoms with Gasteiger partial charge in [0, 0.05) is 20.3 Å². The monoisotopic (exact) mass is 267 g/mol. The maximum Gasteiger partial charge on any atom is 0.126 e. The van der Waals surface area contributed by atoms with Gasteiger partial charge in [0.25, 0.3) is 0 Å². The minimum absolute atomic E-state index is 0.131. The molecule has 1 aromatic heterocycles. The molecule has 4 nitrogen and oxygen atoms in total. The first-order chi connectivity index (χ1) is 8.69. The molecular weight excluding hydrogens is 250 g/mol. The van der Waals surface area contributed by atoms with Crippen molar-refractivity contribution in [3.8, 4) is 0 Å². The van der Waals surface area contributed by atoms with Gasteiger partial charge in [-0.25, -0.2) is 4.98 Å². The number of fused-ring (bicyclic) bond motifs is 1. The number of aromatic nitrogens is 2. The first-order valence-electron chi connectivity index (χ1n) is 6.08. The van der Waals surface area contributed by atoms with Crippen LogP contribution in [0.1, 0.15) is 25.2 Å². The summed E-state index contributed by atoms with van der Waals surface area (Å²) in [4.78, 5) is 4.60. The van der Waals surface area contributed by atoms with E-state index in [2.05, 4.69) is 16.5 Å². The van der Waals surface area contributed by atoms with Crippen molar-refractivity contribution in [2.24, 2.45) is 5.73 Å². The van der Waals surface area contributed by atoms with Crippen molar-refractivity contribution < 1.29 is 4.74 Å². The van der Waals surface area contributed by atoms with Crippen molar-refractivity contribution in [1.29, 1.82) is 0 Å². The predicted molar refractivity (Wildman–Crippen MR) is 73.8 cm³/mol. The van der Waals surface area contributed by atoms with Crippen LogP contribution in [-0.4, -0.2) is 23.3 Å². The Morgan fingerprint density at radius 3 is 2.94 bits per heavy atom. The molecular formula is C13H18ClN3O. The van der Waals surface area contributed by atoms with Crippen LogP contribution in [0.25, 0.3) is 11.0 Å². The molecule has 1 aromatic carbocycles. The van der Waals surface area contributed by atoms with Gasteiger partial charge in [-0.3, -0.25) is 0 Å². The molecule has 1 atom stereocenters. The molecule has 0 saturated heterocycles. The molecule has 2 rings (SSSR count). The molecule has 0 bridgehead atoms. The van der Waals surface area contributed by atoms with Gasteiger partial charge in [0.2, 0.25) is 0 Å². The number of imidazole rings is 1. The van der Waals surface area contributed by atoms with Crippen LogP contribution in [-0.2, 0) is 11.3 Å². The zero-order chi connectivity index (χ0) is 13.1. The predicted octanol–water partition coefficient (Wildman–Crippen LogP) is 2.75. The van der Waals surface area contributed by atoms with Gasteiger partial charge in [0.05, 0.1) is 22.1 Å². The number of rotatable bonds is 5. The van der Waals surface area contributed by atoms with Crippen molar-refractivity contribution in [3.05, 3.63) is 29.0 Å². The molecule has 1 unspecified atom stereocenters. The van der Waals surface area contributed by atoms with Crippen LogP contribution in [0.4, 0.5) is 0 Å². The molecule has 5 heteroatoms. The number of hydrogen-bond acceptors (Lipinski definition) is 3. The molecule has 0 fully saturated rings. The van der Waals surface area contributed by atoms with Crippen LogP contribution in [0.3, 0.4) is 0 Å². The standard InChI is InChI=1S/C13H18ClN3O/c1-3-17-12-9(14)5-4-6-11(12)16-13(17)10(15)7-8-18-2/h4-6,10H,3,7-8,15H2,1-2H3. The van der Waals surface area contributed by atoms with Crippen molar-refractivity contribution in [2.45, 2.75) is 25.9 Å². The second-order valence-electron chi connectivity index (χ2n) is 4.21. The first-order valence-corrected chi connectivity index (χ1v) is 6.46. The molecule has 0 radical (unpaired) electrons. The van der Waals surface area contributed by atoms with Crippen LogP contribution in [0.2, 0.25) is 5.02 Å². The molecule has 2 N–H and O–H groups in total.